The van der Waals surface area contributed by atoms with Crippen LogP contribution in [0.4, 0.5) is 17.6 Å². The van der Waals surface area contributed by atoms with Crippen molar-refractivity contribution in [2.75, 3.05) is 24.7 Å². The van der Waals surface area contributed by atoms with Crippen molar-refractivity contribution in [1.29, 1.82) is 5.26 Å². The number of rotatable bonds is 9. The van der Waals surface area contributed by atoms with Gasteiger partial charge in [0.15, 0.2) is 9.84 Å². The highest BCUT2D eigenvalue weighted by Crippen LogP contribution is 2.36. The molecule has 32 heavy (non-hydrogen) atoms. The summed E-state index contributed by atoms with van der Waals surface area (Å²) in [7, 11) is -3.98. The van der Waals surface area contributed by atoms with Gasteiger partial charge in [0.1, 0.15) is 23.4 Å². The Kier molecular flexibility index (Phi) is 6.57. The Balaban J connectivity index is 1.86. The number of carbonyl (C=O) groups is 1. The first-order valence-corrected chi connectivity index (χ1v) is 11.7. The summed E-state index contributed by atoms with van der Waals surface area (Å²) in [6.07, 6.45) is -4.25. The predicted molar refractivity (Wildman–Crippen MR) is 105 cm³/mol. The summed E-state index contributed by atoms with van der Waals surface area (Å²) in [5.41, 5.74) is -2.25. The zero-order valence-corrected chi connectivity index (χ0v) is 18.0. The molecule has 176 valence electrons. The lowest BCUT2D eigenvalue weighted by atomic mass is 9.92. The van der Waals surface area contributed by atoms with Crippen molar-refractivity contribution in [3.63, 3.8) is 0 Å². The third kappa shape index (κ3) is 5.96. The van der Waals surface area contributed by atoms with Crippen LogP contribution in [0, 0.1) is 22.6 Å². The van der Waals surface area contributed by atoms with E-state index in [2.05, 4.69) is 10.6 Å². The summed E-state index contributed by atoms with van der Waals surface area (Å²) in [5, 5.41) is 13.7. The quantitative estimate of drug-likeness (QED) is 0.527. The minimum absolute atomic E-state index is 0.189. The molecule has 0 spiro atoms. The predicted octanol–water partition coefficient (Wildman–Crippen LogP) is 2.01. The van der Waals surface area contributed by atoms with E-state index in [0.717, 1.165) is 24.3 Å². The van der Waals surface area contributed by atoms with Gasteiger partial charge in [0, 0.05) is 5.41 Å². The van der Waals surface area contributed by atoms with Gasteiger partial charge in [-0.05, 0) is 30.5 Å². The van der Waals surface area contributed by atoms with Crippen LogP contribution >= 0.6 is 0 Å². The Morgan fingerprint density at radius 2 is 1.84 bits per heavy atom. The lowest BCUT2D eigenvalue weighted by Gasteiger charge is -2.38. The van der Waals surface area contributed by atoms with E-state index < -0.39 is 56.5 Å². The first-order valence-electron chi connectivity index (χ1n) is 9.86. The summed E-state index contributed by atoms with van der Waals surface area (Å²) >= 11 is 0. The molecular weight excluding hydrogens is 454 g/mol. The Labute approximate surface area is 183 Å². The summed E-state index contributed by atoms with van der Waals surface area (Å²) < 4.78 is 85.1. The number of alkyl halides is 3. The minimum atomic E-state index is -4.90. The van der Waals surface area contributed by atoms with Crippen LogP contribution in [0.5, 0.6) is 0 Å². The molecule has 12 heteroatoms. The number of nitriles is 1. The first-order chi connectivity index (χ1) is 14.8. The van der Waals surface area contributed by atoms with Gasteiger partial charge in [-0.1, -0.05) is 19.1 Å². The molecule has 2 fully saturated rings. The normalized spacial score (nSPS) is 21.0. The molecule has 1 aromatic carbocycles. The smallest absolute Gasteiger partial charge is 0.380 e. The summed E-state index contributed by atoms with van der Waals surface area (Å²) in [5.74, 6) is -3.02. The molecule has 0 bridgehead atoms. The first kappa shape index (κ1) is 24.4. The Morgan fingerprint density at radius 3 is 2.28 bits per heavy atom. The number of ether oxygens (including phenoxy) is 1. The minimum Gasteiger partial charge on any atom is -0.380 e. The van der Waals surface area contributed by atoms with E-state index in [-0.39, 0.29) is 24.5 Å². The number of sulfone groups is 1. The van der Waals surface area contributed by atoms with Gasteiger partial charge in [0.2, 0.25) is 5.91 Å². The molecule has 1 aromatic rings. The molecule has 1 saturated heterocycles. The molecule has 0 unspecified atom stereocenters. The van der Waals surface area contributed by atoms with Gasteiger partial charge in [-0.25, -0.2) is 12.8 Å². The SMILES string of the molecule is CC1(CS(=O)(=O)C[C@H](N[C@@H](c2ccc(F)cc2)C(F)(F)F)C(=O)NC2(C#N)CC2)COC1. The third-order valence-corrected chi connectivity index (χ3v) is 7.41. The largest absolute Gasteiger partial charge is 0.407 e. The van der Waals surface area contributed by atoms with Gasteiger partial charge in [-0.3, -0.25) is 10.1 Å². The van der Waals surface area contributed by atoms with E-state index in [1.165, 1.54) is 0 Å². The molecule has 1 saturated carbocycles. The highest BCUT2D eigenvalue weighted by atomic mass is 32.2. The van der Waals surface area contributed by atoms with Crippen LogP contribution in [0.15, 0.2) is 24.3 Å². The number of benzene rings is 1. The van der Waals surface area contributed by atoms with Gasteiger partial charge >= 0.3 is 6.18 Å². The van der Waals surface area contributed by atoms with Crippen molar-refractivity contribution in [3.05, 3.63) is 35.6 Å². The maximum atomic E-state index is 13.8. The summed E-state index contributed by atoms with van der Waals surface area (Å²) in [4.78, 5) is 12.8. The molecule has 2 aliphatic rings. The molecular formula is C20H23F4N3O4S. The number of nitrogens with zero attached hydrogens (tertiary/aromatic N) is 1. The average Bonchev–Trinajstić information content (AvgIpc) is 3.43. The fourth-order valence-electron chi connectivity index (χ4n) is 3.53. The van der Waals surface area contributed by atoms with Gasteiger partial charge in [-0.15, -0.1) is 0 Å². The number of hydrogen-bond donors (Lipinski definition) is 2. The van der Waals surface area contributed by atoms with E-state index in [1.54, 1.807) is 6.92 Å². The molecule has 2 N–H and O–H groups in total. The van der Waals surface area contributed by atoms with Crippen molar-refractivity contribution in [2.45, 2.75) is 43.6 Å². The van der Waals surface area contributed by atoms with Gasteiger partial charge in [-0.2, -0.15) is 18.4 Å². The van der Waals surface area contributed by atoms with Crippen molar-refractivity contribution in [2.24, 2.45) is 5.41 Å². The van der Waals surface area contributed by atoms with Crippen molar-refractivity contribution < 1.29 is 35.5 Å². The second kappa shape index (κ2) is 8.61. The number of amides is 1. The van der Waals surface area contributed by atoms with E-state index >= 15 is 0 Å². The second-order valence-corrected chi connectivity index (χ2v) is 10.9. The standard InChI is InChI=1S/C20H23F4N3O4S/c1-18(10-31-11-18)12-32(29,30)8-15(17(28)27-19(9-25)6-7-19)26-16(20(22,23)24)13-2-4-14(21)5-3-13/h2-5,15-16,26H,6-8,10-12H2,1H3,(H,27,28)/t15-,16-/m0/s1. The molecule has 0 radical (unpaired) electrons. The van der Waals surface area contributed by atoms with E-state index in [0.29, 0.717) is 12.8 Å². The molecule has 1 aliphatic heterocycles. The van der Waals surface area contributed by atoms with E-state index in [1.807, 2.05) is 6.07 Å². The molecule has 3 rings (SSSR count). The van der Waals surface area contributed by atoms with Crippen LogP contribution < -0.4 is 10.6 Å². The molecule has 1 aliphatic carbocycles. The highest BCUT2D eigenvalue weighted by molar-refractivity contribution is 7.91. The van der Waals surface area contributed by atoms with Gasteiger partial charge in [0.25, 0.3) is 0 Å². The Bertz CT molecular complexity index is 997. The van der Waals surface area contributed by atoms with E-state index in [4.69, 9.17) is 4.74 Å². The number of hydrogen-bond acceptors (Lipinski definition) is 6. The van der Waals surface area contributed by atoms with Crippen LogP contribution in [0.2, 0.25) is 0 Å². The number of halogens is 4. The molecule has 1 heterocycles. The zero-order chi connectivity index (χ0) is 23.8. The maximum Gasteiger partial charge on any atom is 0.407 e. The molecule has 0 aromatic heterocycles. The summed E-state index contributed by atoms with van der Waals surface area (Å²) in [6, 6.07) is 1.19. The Hall–Kier alpha value is -2.23. The average molecular weight is 477 g/mol. The highest BCUT2D eigenvalue weighted by Gasteiger charge is 2.49. The lowest BCUT2D eigenvalue weighted by molar-refractivity contribution is -0.160. The summed E-state index contributed by atoms with van der Waals surface area (Å²) in [6.45, 7) is 2.05. The van der Waals surface area contributed by atoms with Crippen molar-refractivity contribution in [1.82, 2.24) is 10.6 Å². The number of nitrogens with one attached hydrogen (secondary N) is 2. The van der Waals surface area contributed by atoms with Crippen LogP contribution in [0.25, 0.3) is 0 Å². The van der Waals surface area contributed by atoms with Crippen LogP contribution in [-0.4, -0.2) is 56.8 Å². The monoisotopic (exact) mass is 477 g/mol. The lowest BCUT2D eigenvalue weighted by Crippen LogP contribution is -2.55. The van der Waals surface area contributed by atoms with Crippen molar-refractivity contribution in [3.8, 4) is 6.07 Å². The van der Waals surface area contributed by atoms with Crippen LogP contribution in [-0.2, 0) is 19.4 Å². The van der Waals surface area contributed by atoms with Gasteiger partial charge in [0.05, 0.1) is 30.8 Å². The Morgan fingerprint density at radius 1 is 1.25 bits per heavy atom. The van der Waals surface area contributed by atoms with Crippen LogP contribution in [0.1, 0.15) is 31.4 Å². The molecule has 7 nitrogen and oxygen atoms in total. The van der Waals surface area contributed by atoms with E-state index in [9.17, 15) is 36.0 Å². The van der Waals surface area contributed by atoms with Crippen LogP contribution in [0.3, 0.4) is 0 Å². The fourth-order valence-corrected chi connectivity index (χ4v) is 5.63. The van der Waals surface area contributed by atoms with Gasteiger partial charge < -0.3 is 10.1 Å². The topological polar surface area (TPSA) is 108 Å². The molecule has 2 atom stereocenters. The van der Waals surface area contributed by atoms with Crippen molar-refractivity contribution >= 4 is 15.7 Å². The third-order valence-electron chi connectivity index (χ3n) is 5.43. The molecule has 1 amide bonds. The second-order valence-electron chi connectivity index (χ2n) is 8.79. The number of carbonyl (C=O) groups excluding carboxylic acids is 1. The maximum absolute atomic E-state index is 13.8. The fraction of sp³-hybridized carbons (Fsp3) is 0.600. The zero-order valence-electron chi connectivity index (χ0n) is 17.2.